The number of nitrogens with zero attached hydrogens (tertiary/aromatic N) is 1. The molecule has 0 bridgehead atoms. The summed E-state index contributed by atoms with van der Waals surface area (Å²) in [5.41, 5.74) is 1.10. The number of carbonyl (C=O) groups is 2. The normalized spacial score (nSPS) is 15.4. The first-order valence-electron chi connectivity index (χ1n) is 11.9. The van der Waals surface area contributed by atoms with Gasteiger partial charge in [-0.2, -0.15) is 0 Å². The number of carbonyl (C=O) groups excluding carboxylic acids is 2. The highest BCUT2D eigenvalue weighted by atomic mass is 16.7. The molecule has 198 valence electrons. The van der Waals surface area contributed by atoms with Crippen molar-refractivity contribution in [1.82, 2.24) is 5.32 Å². The van der Waals surface area contributed by atoms with Crippen molar-refractivity contribution in [3.63, 3.8) is 0 Å². The van der Waals surface area contributed by atoms with Gasteiger partial charge in [-0.15, -0.1) is 0 Å². The molecule has 1 heterocycles. The molecule has 1 aliphatic rings. The molecule has 0 fully saturated rings. The molecule has 2 rings (SSSR count). The molecular formula is C25H34N2O9. The van der Waals surface area contributed by atoms with Gasteiger partial charge in [0.25, 0.3) is 5.69 Å². The third kappa shape index (κ3) is 8.56. The van der Waals surface area contributed by atoms with Gasteiger partial charge in [0, 0.05) is 18.7 Å². The SMILES string of the molecule is CCCCCOCCOC(=O)OC1=C(C)NC(C)=C(OC(=O)OC(C)C)C1c1cccc([N+](=O)[O-])c1. The van der Waals surface area contributed by atoms with Crippen LogP contribution in [0.15, 0.2) is 47.2 Å². The minimum atomic E-state index is -0.984. The van der Waals surface area contributed by atoms with Crippen molar-refractivity contribution in [3.05, 3.63) is 62.9 Å². The van der Waals surface area contributed by atoms with Crippen LogP contribution >= 0.6 is 0 Å². The Kier molecular flexibility index (Phi) is 11.2. The van der Waals surface area contributed by atoms with Gasteiger partial charge in [0.1, 0.15) is 24.0 Å². The molecule has 0 aliphatic carbocycles. The number of benzene rings is 1. The highest BCUT2D eigenvalue weighted by Crippen LogP contribution is 2.40. The van der Waals surface area contributed by atoms with Crippen LogP contribution in [0.25, 0.3) is 0 Å². The topological polar surface area (TPSA) is 135 Å². The van der Waals surface area contributed by atoms with E-state index in [0.29, 0.717) is 23.6 Å². The number of nitro benzene ring substituents is 1. The molecule has 0 saturated heterocycles. The van der Waals surface area contributed by atoms with Gasteiger partial charge < -0.3 is 29.0 Å². The van der Waals surface area contributed by atoms with Crippen LogP contribution in [0.2, 0.25) is 0 Å². The lowest BCUT2D eigenvalue weighted by Crippen LogP contribution is -2.29. The van der Waals surface area contributed by atoms with Gasteiger partial charge >= 0.3 is 12.3 Å². The van der Waals surface area contributed by atoms with Gasteiger partial charge in [-0.05, 0) is 39.7 Å². The largest absolute Gasteiger partial charge is 0.513 e. The second kappa shape index (κ2) is 14.1. The van der Waals surface area contributed by atoms with Gasteiger partial charge in [-0.1, -0.05) is 31.9 Å². The van der Waals surface area contributed by atoms with Crippen molar-refractivity contribution in [2.45, 2.75) is 65.9 Å². The molecular weight excluding hydrogens is 472 g/mol. The summed E-state index contributed by atoms with van der Waals surface area (Å²) in [6.45, 7) is 9.55. The van der Waals surface area contributed by atoms with E-state index in [9.17, 15) is 19.7 Å². The highest BCUT2D eigenvalue weighted by Gasteiger charge is 2.36. The Morgan fingerprint density at radius 3 is 2.31 bits per heavy atom. The van der Waals surface area contributed by atoms with E-state index in [0.717, 1.165) is 19.3 Å². The molecule has 1 aromatic rings. The molecule has 1 aliphatic heterocycles. The minimum Gasteiger partial charge on any atom is -0.432 e. The predicted octanol–water partition coefficient (Wildman–Crippen LogP) is 5.67. The van der Waals surface area contributed by atoms with Crippen molar-refractivity contribution >= 4 is 18.0 Å². The molecule has 1 atom stereocenters. The zero-order valence-electron chi connectivity index (χ0n) is 21.3. The lowest BCUT2D eigenvalue weighted by molar-refractivity contribution is -0.384. The summed E-state index contributed by atoms with van der Waals surface area (Å²) in [6.07, 6.45) is 0.691. The summed E-state index contributed by atoms with van der Waals surface area (Å²) >= 11 is 0. The molecule has 36 heavy (non-hydrogen) atoms. The fourth-order valence-electron chi connectivity index (χ4n) is 3.51. The number of hydrogen-bond acceptors (Lipinski definition) is 10. The van der Waals surface area contributed by atoms with E-state index in [2.05, 4.69) is 12.2 Å². The van der Waals surface area contributed by atoms with Crippen LogP contribution in [0.4, 0.5) is 15.3 Å². The molecule has 1 aromatic carbocycles. The number of unbranched alkanes of at least 4 members (excludes halogenated alkanes) is 2. The number of allylic oxidation sites excluding steroid dienone is 2. The van der Waals surface area contributed by atoms with Gasteiger partial charge in [0.2, 0.25) is 0 Å². The Bertz CT molecular complexity index is 1000. The van der Waals surface area contributed by atoms with Crippen molar-refractivity contribution < 1.29 is 38.2 Å². The maximum absolute atomic E-state index is 12.5. The van der Waals surface area contributed by atoms with E-state index in [-0.39, 0.29) is 30.4 Å². The lowest BCUT2D eigenvalue weighted by atomic mass is 9.90. The van der Waals surface area contributed by atoms with Gasteiger partial charge in [-0.3, -0.25) is 10.1 Å². The zero-order chi connectivity index (χ0) is 26.7. The van der Waals surface area contributed by atoms with Crippen molar-refractivity contribution in [1.29, 1.82) is 0 Å². The summed E-state index contributed by atoms with van der Waals surface area (Å²) in [7, 11) is 0. The zero-order valence-corrected chi connectivity index (χ0v) is 21.3. The van der Waals surface area contributed by atoms with Crippen LogP contribution in [0, 0.1) is 10.1 Å². The number of ether oxygens (including phenoxy) is 5. The van der Waals surface area contributed by atoms with Crippen LogP contribution in [0.3, 0.4) is 0 Å². The number of rotatable bonds is 12. The quantitative estimate of drug-likeness (QED) is 0.163. The fourth-order valence-corrected chi connectivity index (χ4v) is 3.51. The maximum Gasteiger partial charge on any atom is 0.513 e. The average molecular weight is 507 g/mol. The van der Waals surface area contributed by atoms with E-state index in [1.54, 1.807) is 33.8 Å². The fraction of sp³-hybridized carbons (Fsp3) is 0.520. The second-order valence-corrected chi connectivity index (χ2v) is 8.43. The summed E-state index contributed by atoms with van der Waals surface area (Å²) in [5, 5.41) is 14.4. The molecule has 0 aromatic heterocycles. The molecule has 1 unspecified atom stereocenters. The minimum absolute atomic E-state index is 0.00880. The summed E-state index contributed by atoms with van der Waals surface area (Å²) in [4.78, 5) is 35.6. The van der Waals surface area contributed by atoms with E-state index >= 15 is 0 Å². The molecule has 0 radical (unpaired) electrons. The molecule has 11 nitrogen and oxygen atoms in total. The summed E-state index contributed by atoms with van der Waals surface area (Å²) in [5.74, 6) is -0.806. The summed E-state index contributed by atoms with van der Waals surface area (Å²) < 4.78 is 26.7. The average Bonchev–Trinajstić information content (AvgIpc) is 2.81. The molecule has 11 heteroatoms. The van der Waals surface area contributed by atoms with Crippen molar-refractivity contribution in [2.75, 3.05) is 19.8 Å². The third-order valence-corrected chi connectivity index (χ3v) is 5.11. The van der Waals surface area contributed by atoms with Gasteiger partial charge in [-0.25, -0.2) is 9.59 Å². The van der Waals surface area contributed by atoms with Crippen molar-refractivity contribution in [2.24, 2.45) is 0 Å². The second-order valence-electron chi connectivity index (χ2n) is 8.43. The Morgan fingerprint density at radius 1 is 1.03 bits per heavy atom. The monoisotopic (exact) mass is 506 g/mol. The molecule has 1 N–H and O–H groups in total. The van der Waals surface area contributed by atoms with E-state index < -0.39 is 29.3 Å². The number of non-ortho nitro benzene ring substituents is 1. The van der Waals surface area contributed by atoms with Crippen LogP contribution in [-0.2, 0) is 23.7 Å². The Morgan fingerprint density at radius 2 is 1.69 bits per heavy atom. The molecule has 0 spiro atoms. The standard InChI is InChI=1S/C25H34N2O9/c1-6-7-8-12-32-13-14-33-24(28)35-22-17(4)26-18(5)23(36-25(29)34-16(2)3)21(22)19-10-9-11-20(15-19)27(30)31/h9-11,15-16,21,26H,6-8,12-14H2,1-5H3. The first-order chi connectivity index (χ1) is 17.1. The Balaban J connectivity index is 2.26. The van der Waals surface area contributed by atoms with Crippen LogP contribution < -0.4 is 5.32 Å². The van der Waals surface area contributed by atoms with E-state index in [4.69, 9.17) is 23.7 Å². The van der Waals surface area contributed by atoms with E-state index in [1.807, 2.05) is 0 Å². The smallest absolute Gasteiger partial charge is 0.432 e. The Labute approximate surface area is 210 Å². The Hall–Kier alpha value is -3.60. The van der Waals surface area contributed by atoms with Gasteiger partial charge in [0.15, 0.2) is 0 Å². The number of hydrogen-bond donors (Lipinski definition) is 1. The van der Waals surface area contributed by atoms with Crippen LogP contribution in [0.1, 0.15) is 65.4 Å². The van der Waals surface area contributed by atoms with Crippen LogP contribution in [-0.4, -0.2) is 43.2 Å². The highest BCUT2D eigenvalue weighted by molar-refractivity contribution is 5.65. The maximum atomic E-state index is 12.5. The first kappa shape index (κ1) is 28.6. The molecule has 0 saturated carbocycles. The lowest BCUT2D eigenvalue weighted by Gasteiger charge is -2.30. The summed E-state index contributed by atoms with van der Waals surface area (Å²) in [6, 6.07) is 5.77. The van der Waals surface area contributed by atoms with Gasteiger partial charge in [0.05, 0.1) is 29.0 Å². The first-order valence-corrected chi connectivity index (χ1v) is 11.9. The number of nitrogens with one attached hydrogen (secondary N) is 1. The third-order valence-electron chi connectivity index (χ3n) is 5.11. The number of nitro groups is 1. The number of dihydropyridines is 1. The van der Waals surface area contributed by atoms with Crippen LogP contribution in [0.5, 0.6) is 0 Å². The van der Waals surface area contributed by atoms with E-state index in [1.165, 1.54) is 18.2 Å². The van der Waals surface area contributed by atoms with Crippen molar-refractivity contribution in [3.8, 4) is 0 Å². The predicted molar refractivity (Wildman–Crippen MR) is 130 cm³/mol. The molecule has 0 amide bonds.